The molecule has 4 rings (SSSR count). The molecular formula is C24H28N2O4S. The average Bonchev–Trinajstić information content (AvgIpc) is 3.47. The summed E-state index contributed by atoms with van der Waals surface area (Å²) in [4.78, 5) is 40.9. The zero-order valence-electron chi connectivity index (χ0n) is 18.1. The highest BCUT2D eigenvalue weighted by Gasteiger charge is 2.51. The number of ether oxygens (including phenoxy) is 1. The third-order valence-electron chi connectivity index (χ3n) is 6.56. The van der Waals surface area contributed by atoms with Gasteiger partial charge in [0, 0.05) is 25.0 Å². The van der Waals surface area contributed by atoms with Crippen LogP contribution >= 0.6 is 11.3 Å². The van der Waals surface area contributed by atoms with Crippen LogP contribution in [0.1, 0.15) is 32.3 Å². The van der Waals surface area contributed by atoms with E-state index in [9.17, 15) is 14.4 Å². The Bertz CT molecular complexity index is 984. The Kier molecular flexibility index (Phi) is 5.64. The summed E-state index contributed by atoms with van der Waals surface area (Å²) in [7, 11) is 1.64. The molecule has 0 saturated carbocycles. The van der Waals surface area contributed by atoms with E-state index in [4.69, 9.17) is 4.74 Å². The van der Waals surface area contributed by atoms with E-state index in [-0.39, 0.29) is 24.2 Å². The van der Waals surface area contributed by atoms with Gasteiger partial charge in [0.1, 0.15) is 5.60 Å². The Morgan fingerprint density at radius 3 is 2.55 bits per heavy atom. The number of nitrogens with one attached hydrogen (secondary N) is 1. The molecule has 0 unspecified atom stereocenters. The number of hydrogen-bond donors (Lipinski definition) is 1. The zero-order chi connectivity index (χ0) is 22.2. The third-order valence-corrected chi connectivity index (χ3v) is 7.48. The highest BCUT2D eigenvalue weighted by molar-refractivity contribution is 7.13. The molecule has 6 nitrogen and oxygen atoms in total. The van der Waals surface area contributed by atoms with Crippen LogP contribution < -0.4 is 5.32 Å². The van der Waals surface area contributed by atoms with Crippen LogP contribution in [0.25, 0.3) is 10.4 Å². The number of thiophene rings is 1. The molecule has 0 bridgehead atoms. The van der Waals surface area contributed by atoms with Gasteiger partial charge in [0.05, 0.1) is 17.8 Å². The van der Waals surface area contributed by atoms with Crippen molar-refractivity contribution in [1.82, 2.24) is 10.2 Å². The van der Waals surface area contributed by atoms with E-state index in [1.807, 2.05) is 6.07 Å². The zero-order valence-corrected chi connectivity index (χ0v) is 19.0. The van der Waals surface area contributed by atoms with Crippen molar-refractivity contribution in [2.75, 3.05) is 20.1 Å². The summed E-state index contributed by atoms with van der Waals surface area (Å²) in [6, 6.07) is 12.4. The first-order chi connectivity index (χ1) is 14.7. The monoisotopic (exact) mass is 440 g/mol. The van der Waals surface area contributed by atoms with Gasteiger partial charge in [-0.1, -0.05) is 30.3 Å². The molecule has 164 valence electrons. The van der Waals surface area contributed by atoms with Gasteiger partial charge in [-0.3, -0.25) is 14.4 Å². The number of rotatable bonds is 5. The number of hydrogen-bond acceptors (Lipinski definition) is 5. The molecule has 1 aromatic carbocycles. The highest BCUT2D eigenvalue weighted by atomic mass is 32.1. The summed E-state index contributed by atoms with van der Waals surface area (Å²) in [5, 5.41) is 4.85. The van der Waals surface area contributed by atoms with E-state index in [2.05, 4.69) is 41.0 Å². The smallest absolute Gasteiger partial charge is 0.307 e. The van der Waals surface area contributed by atoms with Crippen molar-refractivity contribution in [3.8, 4) is 10.4 Å². The number of likely N-dealkylation sites (tertiary alicyclic amines) is 1. The van der Waals surface area contributed by atoms with Crippen LogP contribution in [0.2, 0.25) is 0 Å². The Morgan fingerprint density at radius 1 is 1.23 bits per heavy atom. The molecule has 2 fully saturated rings. The average molecular weight is 441 g/mol. The summed E-state index contributed by atoms with van der Waals surface area (Å²) in [5.41, 5.74) is 0.731. The molecule has 2 atom stereocenters. The second kappa shape index (κ2) is 8.11. The van der Waals surface area contributed by atoms with Gasteiger partial charge in [0.25, 0.3) is 0 Å². The van der Waals surface area contributed by atoms with Gasteiger partial charge in [-0.15, -0.1) is 11.3 Å². The Balaban J connectivity index is 1.52. The lowest BCUT2D eigenvalue weighted by molar-refractivity contribution is -0.148. The van der Waals surface area contributed by atoms with Crippen molar-refractivity contribution >= 4 is 29.1 Å². The summed E-state index contributed by atoms with van der Waals surface area (Å²) in [5.74, 6) is -1.01. The van der Waals surface area contributed by atoms with Gasteiger partial charge in [-0.05, 0) is 49.3 Å². The maximum absolute atomic E-state index is 13.2. The fourth-order valence-corrected chi connectivity index (χ4v) is 5.51. The van der Waals surface area contributed by atoms with E-state index < -0.39 is 16.9 Å². The van der Waals surface area contributed by atoms with Crippen LogP contribution in [0, 0.1) is 11.3 Å². The van der Waals surface area contributed by atoms with Crippen molar-refractivity contribution in [1.29, 1.82) is 0 Å². The maximum atomic E-state index is 13.2. The second-order valence-electron chi connectivity index (χ2n) is 9.05. The Morgan fingerprint density at radius 2 is 1.97 bits per heavy atom. The highest BCUT2D eigenvalue weighted by Crippen LogP contribution is 2.39. The predicted octanol–water partition coefficient (Wildman–Crippen LogP) is 3.26. The van der Waals surface area contributed by atoms with E-state index in [1.165, 1.54) is 4.88 Å². The number of amides is 2. The molecule has 2 aliphatic rings. The molecule has 0 radical (unpaired) electrons. The molecule has 3 heterocycles. The van der Waals surface area contributed by atoms with Crippen molar-refractivity contribution in [2.24, 2.45) is 11.3 Å². The molecule has 31 heavy (non-hydrogen) atoms. The number of carbonyl (C=O) groups is 3. The summed E-state index contributed by atoms with van der Waals surface area (Å²) < 4.78 is 5.34. The lowest BCUT2D eigenvalue weighted by atomic mass is 9.79. The van der Waals surface area contributed by atoms with Gasteiger partial charge in [-0.2, -0.15) is 0 Å². The second-order valence-corrected chi connectivity index (χ2v) is 10.0. The van der Waals surface area contributed by atoms with Crippen LogP contribution in [0.3, 0.4) is 0 Å². The lowest BCUT2D eigenvalue weighted by Crippen LogP contribution is -2.46. The van der Waals surface area contributed by atoms with Gasteiger partial charge in [0.15, 0.2) is 0 Å². The molecule has 1 N–H and O–H groups in total. The molecule has 0 aliphatic carbocycles. The van der Waals surface area contributed by atoms with Crippen molar-refractivity contribution < 1.29 is 19.1 Å². The SMILES string of the molecule is CNC(=O)[C@]1(Cc2ccc(-c3cccs3)cc2)CCN(C(=O)[C@H]2CC(=O)OC2(C)C)C1. The third kappa shape index (κ3) is 4.11. The summed E-state index contributed by atoms with van der Waals surface area (Å²) in [6.45, 7) is 4.40. The first-order valence-corrected chi connectivity index (χ1v) is 11.5. The number of carbonyl (C=O) groups excluding carboxylic acids is 3. The summed E-state index contributed by atoms with van der Waals surface area (Å²) in [6.07, 6.45) is 1.25. The minimum atomic E-state index is -0.815. The number of benzene rings is 1. The Labute approximate surface area is 186 Å². The standard InChI is InChI=1S/C24H28N2O4S/c1-23(2)18(13-20(27)30-23)21(28)26-11-10-24(15-26,22(29)25-3)14-16-6-8-17(9-7-16)19-5-4-12-31-19/h4-9,12,18H,10-11,13-15H2,1-3H3,(H,25,29)/t18-,24+/m1/s1. The Hall–Kier alpha value is -2.67. The van der Waals surface area contributed by atoms with Crippen molar-refractivity contribution in [3.05, 3.63) is 47.3 Å². The van der Waals surface area contributed by atoms with Gasteiger partial charge >= 0.3 is 5.97 Å². The quantitative estimate of drug-likeness (QED) is 0.724. The van der Waals surface area contributed by atoms with Crippen LogP contribution in [-0.4, -0.2) is 48.4 Å². The van der Waals surface area contributed by atoms with E-state index in [0.29, 0.717) is 25.9 Å². The van der Waals surface area contributed by atoms with Crippen LogP contribution in [-0.2, 0) is 25.5 Å². The maximum Gasteiger partial charge on any atom is 0.307 e. The van der Waals surface area contributed by atoms with Crippen molar-refractivity contribution in [3.63, 3.8) is 0 Å². The first-order valence-electron chi connectivity index (χ1n) is 10.6. The van der Waals surface area contributed by atoms with E-state index in [1.54, 1.807) is 37.1 Å². The normalized spacial score (nSPS) is 24.8. The molecule has 1 aromatic heterocycles. The lowest BCUT2D eigenvalue weighted by Gasteiger charge is -2.30. The summed E-state index contributed by atoms with van der Waals surface area (Å²) >= 11 is 1.70. The van der Waals surface area contributed by atoms with E-state index >= 15 is 0 Å². The van der Waals surface area contributed by atoms with Gasteiger partial charge in [0.2, 0.25) is 11.8 Å². The fraction of sp³-hybridized carbons (Fsp3) is 0.458. The fourth-order valence-electron chi connectivity index (χ4n) is 4.78. The largest absolute Gasteiger partial charge is 0.459 e. The number of nitrogens with zero attached hydrogens (tertiary/aromatic N) is 1. The van der Waals surface area contributed by atoms with Gasteiger partial charge < -0.3 is 15.0 Å². The minimum Gasteiger partial charge on any atom is -0.459 e. The topological polar surface area (TPSA) is 75.7 Å². The first kappa shape index (κ1) is 21.6. The number of cyclic esters (lactones) is 1. The molecule has 7 heteroatoms. The minimum absolute atomic E-state index is 0.0526. The molecule has 2 saturated heterocycles. The van der Waals surface area contributed by atoms with Crippen LogP contribution in [0.5, 0.6) is 0 Å². The number of esters is 1. The predicted molar refractivity (Wildman–Crippen MR) is 119 cm³/mol. The molecular weight excluding hydrogens is 412 g/mol. The van der Waals surface area contributed by atoms with Gasteiger partial charge in [-0.25, -0.2) is 0 Å². The van der Waals surface area contributed by atoms with Crippen LogP contribution in [0.4, 0.5) is 0 Å². The molecule has 0 spiro atoms. The van der Waals surface area contributed by atoms with E-state index in [0.717, 1.165) is 11.1 Å². The van der Waals surface area contributed by atoms with Crippen LogP contribution in [0.15, 0.2) is 41.8 Å². The van der Waals surface area contributed by atoms with Crippen molar-refractivity contribution in [2.45, 2.75) is 38.7 Å². The molecule has 2 aliphatic heterocycles. The molecule has 2 aromatic rings. The molecule has 2 amide bonds.